The zero-order chi connectivity index (χ0) is 15.3. The molecule has 0 saturated carbocycles. The molecular formula is C12H19NO5. The average molecular weight is 257 g/mol. The Labute approximate surface area is 106 Å². The molecule has 0 aliphatic rings. The van der Waals surface area contributed by atoms with E-state index in [1.165, 1.54) is 6.92 Å². The van der Waals surface area contributed by atoms with Gasteiger partial charge in [0.15, 0.2) is 0 Å². The first-order chi connectivity index (χ1) is 8.09. The second-order valence-corrected chi connectivity index (χ2v) is 2.95. The molecule has 6 nitrogen and oxygen atoms in total. The van der Waals surface area contributed by atoms with Crippen molar-refractivity contribution in [1.82, 2.24) is 0 Å². The highest BCUT2D eigenvalue weighted by Crippen LogP contribution is 1.93. The summed E-state index contributed by atoms with van der Waals surface area (Å²) in [6.45, 7) is 12.7. The van der Waals surface area contributed by atoms with E-state index < -0.39 is 17.8 Å². The van der Waals surface area contributed by atoms with Gasteiger partial charge in [0.1, 0.15) is 0 Å². The van der Waals surface area contributed by atoms with Gasteiger partial charge >= 0.3 is 11.9 Å². The number of hydrogen-bond donors (Lipinski definition) is 3. The molecule has 0 rings (SSSR count). The van der Waals surface area contributed by atoms with Crippen LogP contribution in [0, 0.1) is 0 Å². The number of rotatable bonds is 4. The lowest BCUT2D eigenvalue weighted by atomic mass is 10.2. The summed E-state index contributed by atoms with van der Waals surface area (Å²) in [5.74, 6) is -2.32. The Morgan fingerprint density at radius 3 is 1.44 bits per heavy atom. The molecule has 0 heterocycles. The summed E-state index contributed by atoms with van der Waals surface area (Å²) in [4.78, 5) is 28.9. The summed E-state index contributed by atoms with van der Waals surface area (Å²) < 4.78 is 0. The number of nitrogens with two attached hydrogens (primary N) is 1. The number of aliphatic carboxylic acids is 2. The largest absolute Gasteiger partial charge is 0.478 e. The van der Waals surface area contributed by atoms with Gasteiger partial charge in [0, 0.05) is 11.1 Å². The minimum absolute atomic E-state index is 0.176. The van der Waals surface area contributed by atoms with E-state index in [1.54, 1.807) is 6.92 Å². The van der Waals surface area contributed by atoms with Gasteiger partial charge in [0.2, 0.25) is 5.91 Å². The standard InChI is InChI=1S/C5H8O2.C4H6O2.C3H5NO/c1-3-4(2)5(6)7;1-3(2)4(5)6;1-2-3(4)5/h2-3H2,1H3,(H,6,7);1H2,2H3,(H,5,6);2H,1H2,(H2,4,5). The number of carboxylic acid groups (broad SMARTS) is 2. The van der Waals surface area contributed by atoms with Gasteiger partial charge in [-0.25, -0.2) is 9.59 Å². The SMILES string of the molecule is C=C(C)C(=O)O.C=C(CC)C(=O)O.C=CC(N)=O. The third-order valence-corrected chi connectivity index (χ3v) is 1.30. The van der Waals surface area contributed by atoms with Gasteiger partial charge in [-0.1, -0.05) is 26.7 Å². The van der Waals surface area contributed by atoms with Crippen LogP contribution in [0.25, 0.3) is 0 Å². The Balaban J connectivity index is -0.000000190. The van der Waals surface area contributed by atoms with Crippen LogP contribution in [-0.4, -0.2) is 28.1 Å². The molecule has 1 amide bonds. The second-order valence-electron chi connectivity index (χ2n) is 2.95. The Hall–Kier alpha value is -2.37. The van der Waals surface area contributed by atoms with Crippen LogP contribution in [0.2, 0.25) is 0 Å². The number of carbonyl (C=O) groups excluding carboxylic acids is 1. The summed E-state index contributed by atoms with van der Waals surface area (Å²) in [6, 6.07) is 0. The number of carboxylic acids is 2. The van der Waals surface area contributed by atoms with Crippen molar-refractivity contribution >= 4 is 17.8 Å². The Bertz CT molecular complexity index is 332. The van der Waals surface area contributed by atoms with E-state index in [0.29, 0.717) is 6.42 Å². The van der Waals surface area contributed by atoms with Gasteiger partial charge < -0.3 is 15.9 Å². The zero-order valence-electron chi connectivity index (χ0n) is 10.6. The van der Waals surface area contributed by atoms with Crippen molar-refractivity contribution in [2.75, 3.05) is 0 Å². The van der Waals surface area contributed by atoms with Gasteiger partial charge in [-0.3, -0.25) is 4.79 Å². The molecule has 0 aliphatic carbocycles. The quantitative estimate of drug-likeness (QED) is 0.657. The smallest absolute Gasteiger partial charge is 0.330 e. The average Bonchev–Trinajstić information content (AvgIpc) is 2.29. The van der Waals surface area contributed by atoms with Crippen LogP contribution in [0.1, 0.15) is 20.3 Å². The third kappa shape index (κ3) is 23.4. The van der Waals surface area contributed by atoms with E-state index in [2.05, 4.69) is 25.5 Å². The molecule has 0 radical (unpaired) electrons. The molecule has 0 aliphatic heterocycles. The Kier molecular flexibility index (Phi) is 14.8. The van der Waals surface area contributed by atoms with Gasteiger partial charge in [0.05, 0.1) is 0 Å². The first kappa shape index (κ1) is 21.0. The molecule has 102 valence electrons. The number of primary amides is 1. The van der Waals surface area contributed by atoms with E-state index in [4.69, 9.17) is 10.2 Å². The molecule has 0 spiro atoms. The summed E-state index contributed by atoms with van der Waals surface area (Å²) in [6.07, 6.45) is 1.58. The monoisotopic (exact) mass is 257 g/mol. The molecule has 0 bridgehead atoms. The molecule has 0 aromatic rings. The highest BCUT2D eigenvalue weighted by molar-refractivity contribution is 5.85. The highest BCUT2D eigenvalue weighted by atomic mass is 16.4. The van der Waals surface area contributed by atoms with Crippen molar-refractivity contribution in [2.45, 2.75) is 20.3 Å². The van der Waals surface area contributed by atoms with Gasteiger partial charge in [0.25, 0.3) is 0 Å². The molecule has 18 heavy (non-hydrogen) atoms. The number of amides is 1. The molecule has 0 aromatic heterocycles. The predicted molar refractivity (Wildman–Crippen MR) is 68.9 cm³/mol. The van der Waals surface area contributed by atoms with Gasteiger partial charge in [-0.2, -0.15) is 0 Å². The molecule has 0 fully saturated rings. The molecule has 0 aromatic carbocycles. The second kappa shape index (κ2) is 12.7. The fourth-order valence-corrected chi connectivity index (χ4v) is 0.151. The molecular weight excluding hydrogens is 238 g/mol. The van der Waals surface area contributed by atoms with Crippen LogP contribution in [0.5, 0.6) is 0 Å². The van der Waals surface area contributed by atoms with Crippen LogP contribution in [0.4, 0.5) is 0 Å². The highest BCUT2D eigenvalue weighted by Gasteiger charge is 1.96. The summed E-state index contributed by atoms with van der Waals surface area (Å²) >= 11 is 0. The lowest BCUT2D eigenvalue weighted by Gasteiger charge is -1.87. The number of carbonyl (C=O) groups is 3. The lowest BCUT2D eigenvalue weighted by molar-refractivity contribution is -0.133. The van der Waals surface area contributed by atoms with E-state index in [0.717, 1.165) is 6.08 Å². The molecule has 6 heteroatoms. The van der Waals surface area contributed by atoms with Crippen molar-refractivity contribution in [3.05, 3.63) is 37.0 Å². The first-order valence-corrected chi connectivity index (χ1v) is 4.81. The fraction of sp³-hybridized carbons (Fsp3) is 0.250. The lowest BCUT2D eigenvalue weighted by Crippen LogP contribution is -2.04. The van der Waals surface area contributed by atoms with Crippen molar-refractivity contribution in [2.24, 2.45) is 5.73 Å². The van der Waals surface area contributed by atoms with Crippen LogP contribution >= 0.6 is 0 Å². The van der Waals surface area contributed by atoms with Gasteiger partial charge in [-0.15, -0.1) is 0 Å². The summed E-state index contributed by atoms with van der Waals surface area (Å²) in [5.41, 5.74) is 4.97. The Morgan fingerprint density at radius 1 is 1.17 bits per heavy atom. The van der Waals surface area contributed by atoms with Crippen molar-refractivity contribution in [3.8, 4) is 0 Å². The summed E-state index contributed by atoms with van der Waals surface area (Å²) in [7, 11) is 0. The van der Waals surface area contributed by atoms with Crippen LogP contribution in [0.15, 0.2) is 37.0 Å². The van der Waals surface area contributed by atoms with Crippen molar-refractivity contribution in [3.63, 3.8) is 0 Å². The molecule has 4 N–H and O–H groups in total. The van der Waals surface area contributed by atoms with E-state index in [-0.39, 0.29) is 11.1 Å². The fourth-order valence-electron chi connectivity index (χ4n) is 0.151. The van der Waals surface area contributed by atoms with Gasteiger partial charge in [-0.05, 0) is 19.4 Å². The summed E-state index contributed by atoms with van der Waals surface area (Å²) in [5, 5.41) is 16.0. The van der Waals surface area contributed by atoms with Crippen molar-refractivity contribution < 1.29 is 24.6 Å². The molecule has 0 unspecified atom stereocenters. The van der Waals surface area contributed by atoms with E-state index in [9.17, 15) is 14.4 Å². The third-order valence-electron chi connectivity index (χ3n) is 1.30. The predicted octanol–water partition coefficient (Wildman–Crippen LogP) is 1.34. The minimum Gasteiger partial charge on any atom is -0.478 e. The van der Waals surface area contributed by atoms with Crippen LogP contribution in [-0.2, 0) is 14.4 Å². The van der Waals surface area contributed by atoms with Crippen molar-refractivity contribution in [1.29, 1.82) is 0 Å². The zero-order valence-corrected chi connectivity index (χ0v) is 10.6. The first-order valence-electron chi connectivity index (χ1n) is 4.81. The van der Waals surface area contributed by atoms with E-state index in [1.807, 2.05) is 0 Å². The maximum atomic E-state index is 9.83. The maximum Gasteiger partial charge on any atom is 0.330 e. The number of hydrogen-bond acceptors (Lipinski definition) is 3. The maximum absolute atomic E-state index is 9.83. The van der Waals surface area contributed by atoms with Crippen LogP contribution in [0.3, 0.4) is 0 Å². The van der Waals surface area contributed by atoms with Crippen LogP contribution < -0.4 is 5.73 Å². The Morgan fingerprint density at radius 2 is 1.44 bits per heavy atom. The molecule has 0 saturated heterocycles. The topological polar surface area (TPSA) is 118 Å². The van der Waals surface area contributed by atoms with E-state index >= 15 is 0 Å². The normalized spacial score (nSPS) is 7.44. The molecule has 0 atom stereocenters. The minimum atomic E-state index is -0.935.